The minimum atomic E-state index is 0.125. The Bertz CT molecular complexity index is 207. The predicted molar refractivity (Wildman–Crippen MR) is 72.9 cm³/mol. The Morgan fingerprint density at radius 1 is 1.19 bits per heavy atom. The smallest absolute Gasteiger partial charge is 0.226 e. The van der Waals surface area contributed by atoms with Gasteiger partial charge in [0.2, 0.25) is 5.91 Å². The molecule has 4 heteroatoms. The van der Waals surface area contributed by atoms with E-state index in [2.05, 4.69) is 19.0 Å². The van der Waals surface area contributed by atoms with Gasteiger partial charge in [-0.15, -0.1) is 0 Å². The summed E-state index contributed by atoms with van der Waals surface area (Å²) in [5.41, 5.74) is 0. The summed E-state index contributed by atoms with van der Waals surface area (Å²) in [5, 5.41) is 0. The first-order chi connectivity index (χ1) is 7.36. The molecule has 0 N–H and O–H groups in total. The topological polar surface area (TPSA) is 23.6 Å². The molecule has 96 valence electrons. The lowest BCUT2D eigenvalue weighted by molar-refractivity contribution is -0.134. The fourth-order valence-electron chi connectivity index (χ4n) is 1.18. The van der Waals surface area contributed by atoms with E-state index < -0.39 is 0 Å². The maximum atomic E-state index is 11.9. The predicted octanol–water partition coefficient (Wildman–Crippen LogP) is 1.78. The number of hydrogen-bond donors (Lipinski definition) is 0. The van der Waals surface area contributed by atoms with Crippen molar-refractivity contribution in [3.8, 4) is 0 Å². The van der Waals surface area contributed by atoms with Gasteiger partial charge in [0.15, 0.2) is 0 Å². The van der Waals surface area contributed by atoms with Gasteiger partial charge >= 0.3 is 0 Å². The highest BCUT2D eigenvalue weighted by atomic mass is 32.2. The van der Waals surface area contributed by atoms with Crippen molar-refractivity contribution in [2.24, 2.45) is 5.92 Å². The van der Waals surface area contributed by atoms with E-state index in [-0.39, 0.29) is 11.8 Å². The first kappa shape index (κ1) is 15.8. The molecule has 0 fully saturated rings. The summed E-state index contributed by atoms with van der Waals surface area (Å²) >= 11 is 1.86. The van der Waals surface area contributed by atoms with E-state index >= 15 is 0 Å². The highest BCUT2D eigenvalue weighted by Crippen LogP contribution is 2.12. The van der Waals surface area contributed by atoms with E-state index in [9.17, 15) is 4.79 Å². The SMILES string of the molecule is CC(C)N(C)C(=O)[C@H](C)CSCCN(C)C. The molecule has 0 aliphatic carbocycles. The molecule has 0 heterocycles. The third-order valence-corrected chi connectivity index (χ3v) is 3.80. The lowest BCUT2D eigenvalue weighted by atomic mass is 10.1. The van der Waals surface area contributed by atoms with Crippen LogP contribution in [0.2, 0.25) is 0 Å². The van der Waals surface area contributed by atoms with Crippen molar-refractivity contribution in [1.29, 1.82) is 0 Å². The van der Waals surface area contributed by atoms with Crippen LogP contribution < -0.4 is 0 Å². The van der Waals surface area contributed by atoms with Gasteiger partial charge in [0, 0.05) is 37.1 Å². The van der Waals surface area contributed by atoms with Gasteiger partial charge in [0.25, 0.3) is 0 Å². The highest BCUT2D eigenvalue weighted by molar-refractivity contribution is 7.99. The maximum absolute atomic E-state index is 11.9. The number of hydrogen-bond acceptors (Lipinski definition) is 3. The number of carbonyl (C=O) groups is 1. The largest absolute Gasteiger partial charge is 0.343 e. The third kappa shape index (κ3) is 6.38. The van der Waals surface area contributed by atoms with Crippen LogP contribution in [0, 0.1) is 5.92 Å². The summed E-state index contributed by atoms with van der Waals surface area (Å²) in [6, 6.07) is 0.293. The summed E-state index contributed by atoms with van der Waals surface area (Å²) in [5.74, 6) is 2.40. The van der Waals surface area contributed by atoms with Crippen molar-refractivity contribution in [3.63, 3.8) is 0 Å². The summed E-state index contributed by atoms with van der Waals surface area (Å²) < 4.78 is 0. The Balaban J connectivity index is 3.79. The van der Waals surface area contributed by atoms with Crippen LogP contribution in [0.3, 0.4) is 0 Å². The van der Waals surface area contributed by atoms with Crippen molar-refractivity contribution in [2.45, 2.75) is 26.8 Å². The molecule has 16 heavy (non-hydrogen) atoms. The number of rotatable bonds is 7. The molecule has 0 saturated heterocycles. The third-order valence-electron chi connectivity index (χ3n) is 2.59. The molecular formula is C12H26N2OS. The summed E-state index contributed by atoms with van der Waals surface area (Å²) in [7, 11) is 6.03. The second kappa shape index (κ2) is 7.96. The van der Waals surface area contributed by atoms with E-state index in [0.29, 0.717) is 6.04 Å². The Morgan fingerprint density at radius 2 is 1.75 bits per heavy atom. The van der Waals surface area contributed by atoms with Gasteiger partial charge < -0.3 is 9.80 Å². The average Bonchev–Trinajstić information content (AvgIpc) is 2.21. The van der Waals surface area contributed by atoms with Crippen molar-refractivity contribution in [3.05, 3.63) is 0 Å². The van der Waals surface area contributed by atoms with E-state index in [1.54, 1.807) is 0 Å². The number of nitrogens with zero attached hydrogens (tertiary/aromatic N) is 2. The second-order valence-corrected chi connectivity index (χ2v) is 5.97. The zero-order valence-corrected chi connectivity index (χ0v) is 12.3. The van der Waals surface area contributed by atoms with Crippen LogP contribution in [0.4, 0.5) is 0 Å². The van der Waals surface area contributed by atoms with Crippen LogP contribution in [0.5, 0.6) is 0 Å². The molecule has 0 bridgehead atoms. The highest BCUT2D eigenvalue weighted by Gasteiger charge is 2.18. The quantitative estimate of drug-likeness (QED) is 0.640. The Morgan fingerprint density at radius 3 is 2.19 bits per heavy atom. The van der Waals surface area contributed by atoms with Crippen molar-refractivity contribution >= 4 is 17.7 Å². The van der Waals surface area contributed by atoms with Crippen LogP contribution in [0.15, 0.2) is 0 Å². The minimum absolute atomic E-state index is 0.125. The van der Waals surface area contributed by atoms with E-state index in [1.165, 1.54) is 0 Å². The van der Waals surface area contributed by atoms with Crippen molar-refractivity contribution < 1.29 is 4.79 Å². The fraction of sp³-hybridized carbons (Fsp3) is 0.917. The molecule has 0 aromatic heterocycles. The molecule has 1 atom stereocenters. The zero-order chi connectivity index (χ0) is 12.7. The van der Waals surface area contributed by atoms with Crippen LogP contribution in [-0.4, -0.2) is 60.9 Å². The Kier molecular flexibility index (Phi) is 7.85. The Hall–Kier alpha value is -0.220. The van der Waals surface area contributed by atoms with Crippen LogP contribution in [-0.2, 0) is 4.79 Å². The van der Waals surface area contributed by atoms with Gasteiger partial charge in [-0.05, 0) is 27.9 Å². The van der Waals surface area contributed by atoms with Gasteiger partial charge in [-0.3, -0.25) is 4.79 Å². The summed E-state index contributed by atoms with van der Waals surface area (Å²) in [4.78, 5) is 15.9. The van der Waals surface area contributed by atoms with E-state index in [1.807, 2.05) is 44.5 Å². The Labute approximate surface area is 105 Å². The number of amides is 1. The van der Waals surface area contributed by atoms with Crippen molar-refractivity contribution in [1.82, 2.24) is 9.80 Å². The minimum Gasteiger partial charge on any atom is -0.343 e. The number of thioether (sulfide) groups is 1. The van der Waals surface area contributed by atoms with Gasteiger partial charge in [-0.1, -0.05) is 6.92 Å². The van der Waals surface area contributed by atoms with Gasteiger partial charge in [0.05, 0.1) is 0 Å². The molecule has 0 aromatic carbocycles. The molecule has 0 aliphatic heterocycles. The summed E-state index contributed by atoms with van der Waals surface area (Å²) in [6.45, 7) is 7.18. The van der Waals surface area contributed by atoms with Crippen molar-refractivity contribution in [2.75, 3.05) is 39.2 Å². The normalized spacial score (nSPS) is 13.2. The van der Waals surface area contributed by atoms with E-state index in [0.717, 1.165) is 18.1 Å². The first-order valence-electron chi connectivity index (χ1n) is 5.85. The molecule has 0 spiro atoms. The lowest BCUT2D eigenvalue weighted by Gasteiger charge is -2.25. The van der Waals surface area contributed by atoms with Gasteiger partial charge in [0.1, 0.15) is 0 Å². The van der Waals surface area contributed by atoms with Crippen LogP contribution in [0.1, 0.15) is 20.8 Å². The molecule has 0 unspecified atom stereocenters. The fourth-order valence-corrected chi connectivity index (χ4v) is 2.34. The molecule has 0 aromatic rings. The average molecular weight is 246 g/mol. The molecule has 0 radical (unpaired) electrons. The molecular weight excluding hydrogens is 220 g/mol. The zero-order valence-electron chi connectivity index (χ0n) is 11.5. The lowest BCUT2D eigenvalue weighted by Crippen LogP contribution is -2.37. The molecule has 1 amide bonds. The van der Waals surface area contributed by atoms with Crippen LogP contribution in [0.25, 0.3) is 0 Å². The molecule has 0 aliphatic rings. The number of carbonyl (C=O) groups excluding carboxylic acids is 1. The van der Waals surface area contributed by atoms with E-state index in [4.69, 9.17) is 0 Å². The molecule has 0 saturated carbocycles. The monoisotopic (exact) mass is 246 g/mol. The summed E-state index contributed by atoms with van der Waals surface area (Å²) in [6.07, 6.45) is 0. The van der Waals surface area contributed by atoms with Gasteiger partial charge in [-0.2, -0.15) is 11.8 Å². The standard InChI is InChI=1S/C12H26N2OS/c1-10(2)14(6)12(15)11(3)9-16-8-7-13(4)5/h10-11H,7-9H2,1-6H3/t11-/m1/s1. The second-order valence-electron chi connectivity index (χ2n) is 4.82. The van der Waals surface area contributed by atoms with Crippen LogP contribution >= 0.6 is 11.8 Å². The molecule has 3 nitrogen and oxygen atoms in total. The molecule has 0 rings (SSSR count). The van der Waals surface area contributed by atoms with Gasteiger partial charge in [-0.25, -0.2) is 0 Å². The maximum Gasteiger partial charge on any atom is 0.226 e. The first-order valence-corrected chi connectivity index (χ1v) is 7.00.